The lowest BCUT2D eigenvalue weighted by molar-refractivity contribution is 0.451. The van der Waals surface area contributed by atoms with Crippen LogP contribution in [0.5, 0.6) is 0 Å². The molecule has 0 unspecified atom stereocenters. The first kappa shape index (κ1) is 34.6. The summed E-state index contributed by atoms with van der Waals surface area (Å²) in [5, 5.41) is 14.9. The van der Waals surface area contributed by atoms with Crippen molar-refractivity contribution >= 4 is 38.1 Å². The van der Waals surface area contributed by atoms with Gasteiger partial charge in [0, 0.05) is 29.1 Å². The third-order valence-electron chi connectivity index (χ3n) is 10.5. The summed E-state index contributed by atoms with van der Waals surface area (Å²) in [4.78, 5) is 9.80. The topological polar surface area (TPSA) is 87.4 Å². The molecule has 9 rings (SSSR count). The predicted molar refractivity (Wildman–Crippen MR) is 221 cm³/mol. The van der Waals surface area contributed by atoms with E-state index in [-0.39, 0.29) is 0 Å². The Bertz CT molecular complexity index is 2660. The lowest BCUT2D eigenvalue weighted by Crippen LogP contribution is -2.39. The van der Waals surface area contributed by atoms with Gasteiger partial charge in [-0.05, 0) is 85.7 Å². The molecule has 270 valence electrons. The van der Waals surface area contributed by atoms with Crippen LogP contribution in [0.2, 0.25) is 0 Å². The van der Waals surface area contributed by atoms with Crippen molar-refractivity contribution in [2.45, 2.75) is 45.2 Å². The Morgan fingerprint density at radius 3 is 2.04 bits per heavy atom. The van der Waals surface area contributed by atoms with Crippen molar-refractivity contribution in [3.8, 4) is 22.7 Å². The van der Waals surface area contributed by atoms with E-state index in [1.807, 2.05) is 47.3 Å². The number of hydrogen-bond acceptors (Lipinski definition) is 6. The van der Waals surface area contributed by atoms with Crippen molar-refractivity contribution in [2.24, 2.45) is 0 Å². The van der Waals surface area contributed by atoms with Gasteiger partial charge in [0.1, 0.15) is 28.2 Å². The molecule has 0 aliphatic heterocycles. The smallest absolute Gasteiger partial charge is 0.184 e. The zero-order chi connectivity index (χ0) is 37.4. The van der Waals surface area contributed by atoms with Gasteiger partial charge in [-0.2, -0.15) is 0 Å². The van der Waals surface area contributed by atoms with Gasteiger partial charge in [0.25, 0.3) is 0 Å². The van der Waals surface area contributed by atoms with Crippen LogP contribution in [0, 0.1) is 6.92 Å². The average Bonchev–Trinajstić information content (AvgIpc) is 3.95. The van der Waals surface area contributed by atoms with Gasteiger partial charge in [0.2, 0.25) is 0 Å². The summed E-state index contributed by atoms with van der Waals surface area (Å²) in [6.45, 7) is 4.96. The molecular weight excluding hydrogens is 746 g/mol. The fourth-order valence-electron chi connectivity index (χ4n) is 7.81. The first-order chi connectivity index (χ1) is 27.1. The second-order valence-corrected chi connectivity index (χ2v) is 14.7. The van der Waals surface area contributed by atoms with E-state index in [0.717, 1.165) is 90.6 Å². The fourth-order valence-corrected chi connectivity index (χ4v) is 8.41. The number of furan rings is 1. The monoisotopic (exact) mass is 783 g/mol. The van der Waals surface area contributed by atoms with E-state index >= 15 is 0 Å². The lowest BCUT2D eigenvalue weighted by Gasteiger charge is -2.36. The largest absolute Gasteiger partial charge is 0.455 e. The number of fused-ring (bicyclic) bond motifs is 2. The Balaban J connectivity index is 1.18. The van der Waals surface area contributed by atoms with Gasteiger partial charge in [-0.25, -0.2) is 14.6 Å². The van der Waals surface area contributed by atoms with Gasteiger partial charge in [0.05, 0.1) is 11.0 Å². The molecule has 0 saturated heterocycles. The van der Waals surface area contributed by atoms with Crippen molar-refractivity contribution in [3.05, 3.63) is 184 Å². The first-order valence-electron chi connectivity index (χ1n) is 18.6. The second kappa shape index (κ2) is 14.6. The maximum absolute atomic E-state index is 6.70. The van der Waals surface area contributed by atoms with Gasteiger partial charge in [-0.1, -0.05) is 135 Å². The number of rotatable bonds is 11. The maximum Gasteiger partial charge on any atom is 0.184 e. The Labute approximate surface area is 327 Å². The summed E-state index contributed by atoms with van der Waals surface area (Å²) in [5.74, 6) is 2.38. The Morgan fingerprint density at radius 1 is 0.745 bits per heavy atom. The number of pyridine rings is 1. The van der Waals surface area contributed by atoms with E-state index in [1.165, 1.54) is 0 Å². The van der Waals surface area contributed by atoms with Gasteiger partial charge < -0.3 is 8.98 Å². The molecule has 4 aromatic heterocycles. The molecule has 8 nitrogen and oxygen atoms in total. The van der Waals surface area contributed by atoms with E-state index in [0.29, 0.717) is 18.1 Å². The predicted octanol–water partition coefficient (Wildman–Crippen LogP) is 10.8. The Morgan fingerprint density at radius 2 is 1.38 bits per heavy atom. The summed E-state index contributed by atoms with van der Waals surface area (Å²) >= 11 is 3.98. The molecular formula is C46H38BrN7O. The van der Waals surface area contributed by atoms with Crippen molar-refractivity contribution in [3.63, 3.8) is 0 Å². The van der Waals surface area contributed by atoms with Crippen LogP contribution in [-0.4, -0.2) is 34.7 Å². The third kappa shape index (κ3) is 5.95. The quantitative estimate of drug-likeness (QED) is 0.121. The standard InChI is InChI=1S/C46H38BrN7O/c1-3-4-24-40-49-42-31(2)27-28-48-45(42)53(40)30-32-25-26-39-38(29-32)41(47)43(55-39)36-22-14-15-23-37(36)44-50-51-52-54(44)46(33-16-8-5-9-17-33,34-18-10-6-11-19-34)35-20-12-7-13-21-35/h5-23,25-29H,3-4,24,30H2,1-2H3. The molecule has 4 heterocycles. The summed E-state index contributed by atoms with van der Waals surface area (Å²) in [6.07, 6.45) is 4.96. The zero-order valence-electron chi connectivity index (χ0n) is 30.6. The van der Waals surface area contributed by atoms with Gasteiger partial charge >= 0.3 is 0 Å². The Kier molecular flexibility index (Phi) is 9.15. The third-order valence-corrected chi connectivity index (χ3v) is 11.3. The number of unbranched alkanes of at least 4 members (excludes halogenated alkanes) is 1. The molecule has 9 heteroatoms. The van der Waals surface area contributed by atoms with Crippen molar-refractivity contribution in [1.29, 1.82) is 0 Å². The van der Waals surface area contributed by atoms with E-state index in [4.69, 9.17) is 24.7 Å². The fraction of sp³-hybridized carbons (Fsp3) is 0.152. The summed E-state index contributed by atoms with van der Waals surface area (Å²) in [6, 6.07) is 47.9. The Hall–Kier alpha value is -6.19. The molecule has 0 N–H and O–H groups in total. The number of halogens is 1. The van der Waals surface area contributed by atoms with Gasteiger partial charge in [0.15, 0.2) is 11.5 Å². The summed E-state index contributed by atoms with van der Waals surface area (Å²) < 4.78 is 11.8. The number of nitrogens with zero attached hydrogens (tertiary/aromatic N) is 7. The number of aryl methyl sites for hydroxylation is 2. The second-order valence-electron chi connectivity index (χ2n) is 13.9. The van der Waals surface area contributed by atoms with Crippen LogP contribution in [-0.2, 0) is 18.5 Å². The minimum absolute atomic E-state index is 0.606. The van der Waals surface area contributed by atoms with Crippen LogP contribution in [0.25, 0.3) is 44.8 Å². The van der Waals surface area contributed by atoms with Crippen LogP contribution >= 0.6 is 15.9 Å². The molecule has 0 saturated carbocycles. The molecule has 0 aliphatic rings. The normalized spacial score (nSPS) is 11.8. The molecule has 0 spiro atoms. The highest BCUT2D eigenvalue weighted by Gasteiger charge is 2.42. The zero-order valence-corrected chi connectivity index (χ0v) is 32.2. The van der Waals surface area contributed by atoms with E-state index in [9.17, 15) is 0 Å². The molecule has 0 radical (unpaired) electrons. The minimum atomic E-state index is -0.892. The molecule has 55 heavy (non-hydrogen) atoms. The van der Waals surface area contributed by atoms with Crippen LogP contribution in [0.1, 0.15) is 53.4 Å². The molecule has 9 aromatic rings. The maximum atomic E-state index is 6.70. The molecule has 0 fully saturated rings. The van der Waals surface area contributed by atoms with E-state index < -0.39 is 5.54 Å². The molecule has 5 aromatic carbocycles. The van der Waals surface area contributed by atoms with Crippen molar-refractivity contribution in [1.82, 2.24) is 34.7 Å². The number of benzene rings is 5. The van der Waals surface area contributed by atoms with Crippen LogP contribution < -0.4 is 0 Å². The van der Waals surface area contributed by atoms with Gasteiger partial charge in [-0.15, -0.1) is 5.10 Å². The number of hydrogen-bond donors (Lipinski definition) is 0. The highest BCUT2D eigenvalue weighted by atomic mass is 79.9. The first-order valence-corrected chi connectivity index (χ1v) is 19.4. The number of tetrazole rings is 1. The number of aromatic nitrogens is 7. The van der Waals surface area contributed by atoms with Crippen LogP contribution in [0.4, 0.5) is 0 Å². The molecule has 0 atom stereocenters. The summed E-state index contributed by atoms with van der Waals surface area (Å²) in [5.41, 5.74) is 8.85. The van der Waals surface area contributed by atoms with Gasteiger partial charge in [-0.3, -0.25) is 0 Å². The molecule has 0 aliphatic carbocycles. The minimum Gasteiger partial charge on any atom is -0.455 e. The lowest BCUT2D eigenvalue weighted by atomic mass is 9.77. The van der Waals surface area contributed by atoms with Crippen LogP contribution in [0.15, 0.2) is 155 Å². The highest BCUT2D eigenvalue weighted by Crippen LogP contribution is 2.45. The summed E-state index contributed by atoms with van der Waals surface area (Å²) in [7, 11) is 0. The van der Waals surface area contributed by atoms with E-state index in [1.54, 1.807) is 0 Å². The van der Waals surface area contributed by atoms with Crippen LogP contribution in [0.3, 0.4) is 0 Å². The molecule has 0 amide bonds. The van der Waals surface area contributed by atoms with E-state index in [2.05, 4.69) is 143 Å². The highest BCUT2D eigenvalue weighted by molar-refractivity contribution is 9.10. The number of imidazole rings is 1. The average molecular weight is 785 g/mol. The van der Waals surface area contributed by atoms with Crippen molar-refractivity contribution in [2.75, 3.05) is 0 Å². The van der Waals surface area contributed by atoms with Crippen molar-refractivity contribution < 1.29 is 4.42 Å². The SMILES string of the molecule is CCCCc1nc2c(C)ccnc2n1Cc1ccc2oc(-c3ccccc3-c3nnnn3C(c3ccccc3)(c3ccccc3)c3ccccc3)c(Br)c2c1. The molecule has 0 bridgehead atoms.